The van der Waals surface area contributed by atoms with Crippen LogP contribution in [-0.4, -0.2) is 16.7 Å². The molecule has 0 unspecified atom stereocenters. The number of rotatable bonds is 5. The van der Waals surface area contributed by atoms with Gasteiger partial charge in [0.05, 0.1) is 5.69 Å². The molecule has 4 nitrogen and oxygen atoms in total. The number of amides is 1. The number of carbonyl (C=O) groups is 1. The molecular formula is C18H20FNO3S. The van der Waals surface area contributed by atoms with Crippen LogP contribution in [-0.2, 0) is 13.0 Å². The van der Waals surface area contributed by atoms with Crippen molar-refractivity contribution in [2.75, 3.05) is 11.3 Å². The average molecular weight is 349 g/mol. The van der Waals surface area contributed by atoms with Crippen molar-refractivity contribution < 1.29 is 19.1 Å². The minimum atomic E-state index is -0.550. The van der Waals surface area contributed by atoms with E-state index in [4.69, 9.17) is 4.74 Å². The van der Waals surface area contributed by atoms with Crippen molar-refractivity contribution in [1.29, 1.82) is 0 Å². The fraction of sp³-hybridized carbons (Fsp3) is 0.278. The molecule has 0 aliphatic carbocycles. The van der Waals surface area contributed by atoms with Crippen LogP contribution in [0.5, 0.6) is 5.75 Å². The fourth-order valence-corrected chi connectivity index (χ4v) is 2.58. The molecule has 6 heteroatoms. The first kappa shape index (κ1) is 18.3. The summed E-state index contributed by atoms with van der Waals surface area (Å²) in [6, 6.07) is 9.69. The van der Waals surface area contributed by atoms with E-state index in [-0.39, 0.29) is 12.3 Å². The van der Waals surface area contributed by atoms with E-state index >= 15 is 0 Å². The molecule has 0 fully saturated rings. The minimum Gasteiger partial charge on any atom is -0.489 e. The number of nitrogens with zero attached hydrogens (tertiary/aromatic N) is 1. The second kappa shape index (κ2) is 8.17. The van der Waals surface area contributed by atoms with Crippen molar-refractivity contribution >= 4 is 22.7 Å². The predicted octanol–water partition coefficient (Wildman–Crippen LogP) is 4.95. The van der Waals surface area contributed by atoms with Gasteiger partial charge in [0, 0.05) is 5.56 Å². The summed E-state index contributed by atoms with van der Waals surface area (Å²) in [5.41, 5.74) is 2.78. The molecule has 0 spiro atoms. The first-order chi connectivity index (χ1) is 11.5. The summed E-state index contributed by atoms with van der Waals surface area (Å²) in [5, 5.41) is 9.93. The number of hydrogen-bond acceptors (Lipinski definition) is 4. The summed E-state index contributed by atoms with van der Waals surface area (Å²) in [6.45, 7) is 4.06. The predicted molar refractivity (Wildman–Crippen MR) is 94.5 cm³/mol. The lowest BCUT2D eigenvalue weighted by atomic mass is 10.1. The highest BCUT2D eigenvalue weighted by Gasteiger charge is 2.17. The Morgan fingerprint density at radius 1 is 1.29 bits per heavy atom. The molecule has 0 radical (unpaired) electrons. The van der Waals surface area contributed by atoms with Crippen molar-refractivity contribution in [2.24, 2.45) is 0 Å². The maximum Gasteiger partial charge on any atom is 0.309 e. The van der Waals surface area contributed by atoms with Gasteiger partial charge in [-0.05, 0) is 55.0 Å². The molecule has 24 heavy (non-hydrogen) atoms. The molecule has 0 aromatic heterocycles. The van der Waals surface area contributed by atoms with E-state index < -0.39 is 11.1 Å². The molecule has 1 amide bonds. The Morgan fingerprint density at radius 2 is 2.04 bits per heavy atom. The van der Waals surface area contributed by atoms with E-state index in [1.165, 1.54) is 23.8 Å². The summed E-state index contributed by atoms with van der Waals surface area (Å²) < 4.78 is 19.3. The maximum atomic E-state index is 13.6. The maximum absolute atomic E-state index is 13.6. The summed E-state index contributed by atoms with van der Waals surface area (Å²) in [4.78, 5) is 11.7. The highest BCUT2D eigenvalue weighted by Crippen LogP contribution is 2.26. The van der Waals surface area contributed by atoms with Crippen LogP contribution in [0, 0.1) is 12.7 Å². The van der Waals surface area contributed by atoms with Crippen LogP contribution in [0.15, 0.2) is 36.4 Å². The first-order valence-electron chi connectivity index (χ1n) is 7.54. The van der Waals surface area contributed by atoms with Gasteiger partial charge >= 0.3 is 5.24 Å². The molecule has 2 aromatic carbocycles. The zero-order valence-corrected chi connectivity index (χ0v) is 14.7. The lowest BCUT2D eigenvalue weighted by Gasteiger charge is -2.18. The average Bonchev–Trinajstić information content (AvgIpc) is 2.59. The van der Waals surface area contributed by atoms with Crippen molar-refractivity contribution in [1.82, 2.24) is 0 Å². The van der Waals surface area contributed by atoms with Gasteiger partial charge < -0.3 is 4.74 Å². The molecule has 0 atom stereocenters. The van der Waals surface area contributed by atoms with Gasteiger partial charge in [-0.2, -0.15) is 5.06 Å². The molecule has 0 aliphatic rings. The zero-order valence-electron chi connectivity index (χ0n) is 13.9. The van der Waals surface area contributed by atoms with Crippen LogP contribution in [0.2, 0.25) is 0 Å². The van der Waals surface area contributed by atoms with Crippen molar-refractivity contribution in [3.63, 3.8) is 0 Å². The molecule has 2 rings (SSSR count). The Hall–Kier alpha value is -2.05. The Kier molecular flexibility index (Phi) is 6.23. The zero-order chi connectivity index (χ0) is 17.7. The summed E-state index contributed by atoms with van der Waals surface area (Å²) in [5.74, 6) is 0.225. The molecule has 128 valence electrons. The Morgan fingerprint density at radius 3 is 2.67 bits per heavy atom. The van der Waals surface area contributed by atoms with Gasteiger partial charge in [-0.25, -0.2) is 4.39 Å². The van der Waals surface area contributed by atoms with Gasteiger partial charge in [-0.1, -0.05) is 30.8 Å². The standard InChI is InChI=1S/C18H20FNO3S/c1-4-13-5-8-17(12(2)9-13)23-11-14-10-15(19)6-7-16(14)20(22)18(21)24-3/h5-10,22H,4,11H2,1-3H3. The highest BCUT2D eigenvalue weighted by molar-refractivity contribution is 8.13. The fourth-order valence-electron chi connectivity index (χ4n) is 2.31. The minimum absolute atomic E-state index is 0.0398. The van der Waals surface area contributed by atoms with Crippen molar-refractivity contribution in [3.8, 4) is 5.75 Å². The number of benzene rings is 2. The number of ether oxygens (including phenoxy) is 1. The number of aryl methyl sites for hydroxylation is 2. The largest absolute Gasteiger partial charge is 0.489 e. The second-order valence-corrected chi connectivity index (χ2v) is 6.05. The molecule has 0 aliphatic heterocycles. The number of thioether (sulfide) groups is 1. The van der Waals surface area contributed by atoms with Gasteiger partial charge in [-0.3, -0.25) is 10.0 Å². The van der Waals surface area contributed by atoms with Gasteiger partial charge in [0.1, 0.15) is 18.2 Å². The van der Waals surface area contributed by atoms with E-state index in [1.807, 2.05) is 25.1 Å². The van der Waals surface area contributed by atoms with Crippen LogP contribution < -0.4 is 9.80 Å². The van der Waals surface area contributed by atoms with E-state index in [1.54, 1.807) is 6.26 Å². The lowest BCUT2D eigenvalue weighted by Crippen LogP contribution is -2.24. The lowest BCUT2D eigenvalue weighted by molar-refractivity contribution is 0.223. The molecule has 0 bridgehead atoms. The molecule has 1 N–H and O–H groups in total. The molecule has 0 saturated carbocycles. The summed E-state index contributed by atoms with van der Waals surface area (Å²) in [7, 11) is 0. The number of hydrogen-bond donors (Lipinski definition) is 1. The Labute approximate surface area is 145 Å². The molecule has 0 saturated heterocycles. The number of anilines is 1. The second-order valence-electron chi connectivity index (χ2n) is 5.30. The Bertz CT molecular complexity index is 736. The Balaban J connectivity index is 2.23. The first-order valence-corrected chi connectivity index (χ1v) is 8.76. The van der Waals surface area contributed by atoms with E-state index in [0.717, 1.165) is 23.7 Å². The smallest absolute Gasteiger partial charge is 0.309 e. The van der Waals surface area contributed by atoms with Crippen LogP contribution in [0.4, 0.5) is 14.9 Å². The third kappa shape index (κ3) is 4.27. The molecule has 2 aromatic rings. The summed E-state index contributed by atoms with van der Waals surface area (Å²) >= 11 is 0.864. The molecule has 0 heterocycles. The quantitative estimate of drug-likeness (QED) is 0.613. The van der Waals surface area contributed by atoms with Gasteiger partial charge in [0.2, 0.25) is 0 Å². The van der Waals surface area contributed by atoms with Crippen LogP contribution in [0.1, 0.15) is 23.6 Å². The van der Waals surface area contributed by atoms with Crippen LogP contribution in [0.25, 0.3) is 0 Å². The van der Waals surface area contributed by atoms with Crippen LogP contribution >= 0.6 is 11.8 Å². The SMILES string of the molecule is CCc1ccc(OCc2cc(F)ccc2N(O)C(=O)SC)c(C)c1. The topological polar surface area (TPSA) is 49.8 Å². The third-order valence-electron chi connectivity index (χ3n) is 3.65. The molecular weight excluding hydrogens is 329 g/mol. The third-order valence-corrected chi connectivity index (χ3v) is 4.17. The number of halogens is 1. The van der Waals surface area contributed by atoms with Gasteiger partial charge in [0.15, 0.2) is 0 Å². The van der Waals surface area contributed by atoms with Crippen molar-refractivity contribution in [2.45, 2.75) is 26.9 Å². The van der Waals surface area contributed by atoms with Gasteiger partial charge in [-0.15, -0.1) is 0 Å². The number of carbonyl (C=O) groups excluding carboxylic acids is 1. The van der Waals surface area contributed by atoms with Gasteiger partial charge in [0.25, 0.3) is 0 Å². The van der Waals surface area contributed by atoms with E-state index in [0.29, 0.717) is 16.4 Å². The highest BCUT2D eigenvalue weighted by atomic mass is 32.2. The van der Waals surface area contributed by atoms with E-state index in [9.17, 15) is 14.4 Å². The van der Waals surface area contributed by atoms with Crippen LogP contribution in [0.3, 0.4) is 0 Å². The van der Waals surface area contributed by atoms with Crippen molar-refractivity contribution in [3.05, 3.63) is 58.9 Å². The normalized spacial score (nSPS) is 10.5. The monoisotopic (exact) mass is 349 g/mol. The summed E-state index contributed by atoms with van der Waals surface area (Å²) in [6.07, 6.45) is 2.50. The van der Waals surface area contributed by atoms with E-state index in [2.05, 4.69) is 6.92 Å². The number of hydroxylamine groups is 1.